The second-order valence-electron chi connectivity index (χ2n) is 5.04. The summed E-state index contributed by atoms with van der Waals surface area (Å²) in [5, 5.41) is 13.2. The lowest BCUT2D eigenvalue weighted by atomic mass is 10.2. The highest BCUT2D eigenvalue weighted by Gasteiger charge is 2.13. The van der Waals surface area contributed by atoms with Gasteiger partial charge in [-0.2, -0.15) is 5.10 Å². The average Bonchev–Trinajstić information content (AvgIpc) is 2.60. The third kappa shape index (κ3) is 5.85. The fourth-order valence-electron chi connectivity index (χ4n) is 1.99. The van der Waals surface area contributed by atoms with Crippen LogP contribution in [0.1, 0.15) is 15.9 Å². The molecule has 2 N–H and O–H groups in total. The van der Waals surface area contributed by atoms with Crippen molar-refractivity contribution in [3.63, 3.8) is 0 Å². The van der Waals surface area contributed by atoms with E-state index in [1.54, 1.807) is 18.2 Å². The Morgan fingerprint density at radius 3 is 2.67 bits per heavy atom. The van der Waals surface area contributed by atoms with Crippen LogP contribution in [0.2, 0.25) is 10.0 Å². The van der Waals surface area contributed by atoms with Crippen molar-refractivity contribution in [1.82, 2.24) is 5.43 Å². The number of aliphatic carboxylic acids is 1. The number of nitrogens with zero attached hydrogens (tertiary/aromatic N) is 1. The van der Waals surface area contributed by atoms with Gasteiger partial charge in [0.1, 0.15) is 0 Å². The molecule has 0 aromatic heterocycles. The Morgan fingerprint density at radius 2 is 2.04 bits per heavy atom. The molecule has 0 aliphatic heterocycles. The van der Waals surface area contributed by atoms with Gasteiger partial charge in [0.05, 0.1) is 28.4 Å². The van der Waals surface area contributed by atoms with E-state index < -0.39 is 18.5 Å². The highest BCUT2D eigenvalue weighted by atomic mass is 79.9. The van der Waals surface area contributed by atoms with Gasteiger partial charge in [0.2, 0.25) is 0 Å². The van der Waals surface area contributed by atoms with Crippen molar-refractivity contribution in [3.05, 3.63) is 56.0 Å². The number of halogens is 3. The summed E-state index contributed by atoms with van der Waals surface area (Å²) in [6, 6.07) is 7.70. The molecule has 0 aliphatic carbocycles. The lowest BCUT2D eigenvalue weighted by Crippen LogP contribution is -2.18. The summed E-state index contributed by atoms with van der Waals surface area (Å²) >= 11 is 15.1. The van der Waals surface area contributed by atoms with E-state index in [1.165, 1.54) is 25.5 Å². The fraction of sp³-hybridized carbons (Fsp3) is 0.118. The number of carboxylic acid groups (broad SMARTS) is 1. The molecular weight excluding hydrogens is 463 g/mol. The summed E-state index contributed by atoms with van der Waals surface area (Å²) in [5.41, 5.74) is 3.16. The second-order valence-corrected chi connectivity index (χ2v) is 6.74. The first-order valence-corrected chi connectivity index (χ1v) is 8.87. The van der Waals surface area contributed by atoms with Crippen LogP contribution >= 0.6 is 39.1 Å². The van der Waals surface area contributed by atoms with E-state index >= 15 is 0 Å². The molecule has 0 unspecified atom stereocenters. The summed E-state index contributed by atoms with van der Waals surface area (Å²) in [5.74, 6) is -1.06. The van der Waals surface area contributed by atoms with E-state index in [1.807, 2.05) is 0 Å². The van der Waals surface area contributed by atoms with E-state index in [2.05, 4.69) is 26.5 Å². The Bertz CT molecular complexity index is 905. The van der Waals surface area contributed by atoms with Gasteiger partial charge in [-0.25, -0.2) is 10.2 Å². The molecule has 0 heterocycles. The monoisotopic (exact) mass is 474 g/mol. The Balaban J connectivity index is 2.13. The molecule has 0 spiro atoms. The van der Waals surface area contributed by atoms with Crippen LogP contribution in [-0.2, 0) is 4.79 Å². The predicted octanol–water partition coefficient (Wildman–Crippen LogP) is 3.99. The van der Waals surface area contributed by atoms with Gasteiger partial charge in [-0.3, -0.25) is 4.79 Å². The van der Waals surface area contributed by atoms with Crippen molar-refractivity contribution in [3.8, 4) is 11.5 Å². The zero-order valence-corrected chi connectivity index (χ0v) is 16.9. The van der Waals surface area contributed by atoms with Crippen molar-refractivity contribution in [2.45, 2.75) is 0 Å². The topological polar surface area (TPSA) is 97.2 Å². The number of methoxy groups -OCH3 is 1. The van der Waals surface area contributed by atoms with Crippen LogP contribution in [-0.4, -0.2) is 36.9 Å². The average molecular weight is 476 g/mol. The SMILES string of the molecule is COc1cc(/C=N\NC(=O)c2ccc(Cl)cc2Cl)cc(Br)c1OCC(=O)O. The molecule has 10 heteroatoms. The summed E-state index contributed by atoms with van der Waals surface area (Å²) in [7, 11) is 1.42. The molecule has 0 atom stereocenters. The minimum Gasteiger partial charge on any atom is -0.493 e. The third-order valence-electron chi connectivity index (χ3n) is 3.15. The second kappa shape index (κ2) is 9.59. The molecule has 0 fully saturated rings. The zero-order chi connectivity index (χ0) is 20.0. The molecule has 0 saturated carbocycles. The van der Waals surface area contributed by atoms with Crippen molar-refractivity contribution in [2.75, 3.05) is 13.7 Å². The van der Waals surface area contributed by atoms with Crippen molar-refractivity contribution in [2.24, 2.45) is 5.10 Å². The summed E-state index contributed by atoms with van der Waals surface area (Å²) < 4.78 is 10.9. The quantitative estimate of drug-likeness (QED) is 0.466. The van der Waals surface area contributed by atoms with Crippen molar-refractivity contribution < 1.29 is 24.2 Å². The van der Waals surface area contributed by atoms with Gasteiger partial charge in [0, 0.05) is 5.02 Å². The first-order valence-electron chi connectivity index (χ1n) is 7.32. The smallest absolute Gasteiger partial charge is 0.341 e. The largest absolute Gasteiger partial charge is 0.493 e. The van der Waals surface area contributed by atoms with E-state index in [9.17, 15) is 9.59 Å². The molecule has 0 saturated heterocycles. The highest BCUT2D eigenvalue weighted by molar-refractivity contribution is 9.10. The number of nitrogens with one attached hydrogen (secondary N) is 1. The molecule has 27 heavy (non-hydrogen) atoms. The Labute approximate surface area is 173 Å². The number of benzene rings is 2. The van der Waals surface area contributed by atoms with Crippen molar-refractivity contribution >= 4 is 57.2 Å². The van der Waals surface area contributed by atoms with Gasteiger partial charge in [-0.1, -0.05) is 23.2 Å². The zero-order valence-electron chi connectivity index (χ0n) is 13.8. The number of hydrazone groups is 1. The number of carboxylic acids is 1. The number of rotatable bonds is 7. The molecule has 0 aliphatic rings. The van der Waals surface area contributed by atoms with E-state index in [4.69, 9.17) is 37.8 Å². The number of carbonyl (C=O) groups excluding carboxylic acids is 1. The first-order chi connectivity index (χ1) is 12.8. The number of hydrogen-bond donors (Lipinski definition) is 2. The Kier molecular flexibility index (Phi) is 7.46. The van der Waals surface area contributed by atoms with Crippen LogP contribution in [0, 0.1) is 0 Å². The number of hydrogen-bond acceptors (Lipinski definition) is 5. The minimum atomic E-state index is -1.11. The van der Waals surface area contributed by atoms with Crippen LogP contribution in [0.15, 0.2) is 39.9 Å². The molecule has 0 bridgehead atoms. The molecule has 142 valence electrons. The van der Waals surface area contributed by atoms with Gasteiger partial charge in [-0.05, 0) is 51.8 Å². The van der Waals surface area contributed by atoms with Gasteiger partial charge >= 0.3 is 5.97 Å². The number of carbonyl (C=O) groups is 2. The van der Waals surface area contributed by atoms with Crippen LogP contribution in [0.3, 0.4) is 0 Å². The first kappa shape index (κ1) is 21.0. The van der Waals surface area contributed by atoms with Crippen LogP contribution in [0.25, 0.3) is 0 Å². The number of ether oxygens (including phenoxy) is 2. The molecule has 1 amide bonds. The Morgan fingerprint density at radius 1 is 1.30 bits per heavy atom. The predicted molar refractivity (Wildman–Crippen MR) is 105 cm³/mol. The normalized spacial score (nSPS) is 10.7. The molecule has 0 radical (unpaired) electrons. The lowest BCUT2D eigenvalue weighted by molar-refractivity contribution is -0.139. The van der Waals surface area contributed by atoms with Crippen LogP contribution < -0.4 is 14.9 Å². The number of amides is 1. The maximum atomic E-state index is 12.1. The molecule has 7 nitrogen and oxygen atoms in total. The van der Waals surface area contributed by atoms with Gasteiger partial charge in [0.25, 0.3) is 5.91 Å². The third-order valence-corrected chi connectivity index (χ3v) is 4.28. The molecular formula is C17H13BrCl2N2O5. The molecule has 2 aromatic rings. The van der Waals surface area contributed by atoms with Crippen LogP contribution in [0.5, 0.6) is 11.5 Å². The highest BCUT2D eigenvalue weighted by Crippen LogP contribution is 2.36. The maximum Gasteiger partial charge on any atom is 0.341 e. The minimum absolute atomic E-state index is 0.208. The van der Waals surface area contributed by atoms with E-state index in [0.29, 0.717) is 20.8 Å². The van der Waals surface area contributed by atoms with Gasteiger partial charge in [-0.15, -0.1) is 0 Å². The summed E-state index contributed by atoms with van der Waals surface area (Å²) in [6.45, 7) is -0.514. The molecule has 2 aromatic carbocycles. The molecule has 2 rings (SSSR count). The van der Waals surface area contributed by atoms with E-state index in [0.717, 1.165) is 0 Å². The lowest BCUT2D eigenvalue weighted by Gasteiger charge is -2.12. The van der Waals surface area contributed by atoms with Crippen molar-refractivity contribution in [1.29, 1.82) is 0 Å². The maximum absolute atomic E-state index is 12.1. The van der Waals surface area contributed by atoms with Gasteiger partial charge < -0.3 is 14.6 Å². The van der Waals surface area contributed by atoms with E-state index in [-0.39, 0.29) is 16.3 Å². The van der Waals surface area contributed by atoms with Gasteiger partial charge in [0.15, 0.2) is 18.1 Å². The Hall–Kier alpha value is -2.29. The fourth-order valence-corrected chi connectivity index (χ4v) is 3.06. The standard InChI is InChI=1S/C17H13BrCl2N2O5/c1-26-14-5-9(4-12(18)16(14)27-8-15(23)24)7-21-22-17(25)11-3-2-10(19)6-13(11)20/h2-7H,8H2,1H3,(H,22,25)(H,23,24)/b21-7-. The summed E-state index contributed by atoms with van der Waals surface area (Å²) in [4.78, 5) is 22.8. The van der Waals surface area contributed by atoms with Crippen LogP contribution in [0.4, 0.5) is 0 Å². The summed E-state index contributed by atoms with van der Waals surface area (Å²) in [6.07, 6.45) is 1.38.